The highest BCUT2D eigenvalue weighted by Gasteiger charge is 2.22. The van der Waals surface area contributed by atoms with Gasteiger partial charge in [0.05, 0.1) is 6.20 Å². The Labute approximate surface area is 118 Å². The summed E-state index contributed by atoms with van der Waals surface area (Å²) in [5, 5.41) is 5.89. The van der Waals surface area contributed by atoms with E-state index in [1.54, 1.807) is 0 Å². The average Bonchev–Trinajstić information content (AvgIpc) is 2.67. The largest absolute Gasteiger partial charge is 0.348 e. The first-order chi connectivity index (χ1) is 8.88. The molecule has 0 aliphatic carbocycles. The van der Waals surface area contributed by atoms with Gasteiger partial charge in [-0.25, -0.2) is 18.5 Å². The van der Waals surface area contributed by atoms with Gasteiger partial charge in [-0.2, -0.15) is 0 Å². The number of hydrogen-bond acceptors (Lipinski definition) is 5. The average molecular weight is 303 g/mol. The van der Waals surface area contributed by atoms with Crippen LogP contribution in [0.4, 0.5) is 5.13 Å². The van der Waals surface area contributed by atoms with Crippen LogP contribution in [0.2, 0.25) is 0 Å². The number of anilines is 1. The molecule has 0 amide bonds. The second kappa shape index (κ2) is 5.76. The van der Waals surface area contributed by atoms with Crippen molar-refractivity contribution < 1.29 is 8.42 Å². The highest BCUT2D eigenvalue weighted by Crippen LogP contribution is 2.30. The van der Waals surface area contributed by atoms with E-state index >= 15 is 0 Å². The Kier molecular flexibility index (Phi) is 4.47. The molecule has 1 unspecified atom stereocenters. The third kappa shape index (κ3) is 3.67. The van der Waals surface area contributed by atoms with Crippen molar-refractivity contribution >= 4 is 26.5 Å². The van der Waals surface area contributed by atoms with Crippen LogP contribution in [0.3, 0.4) is 0 Å². The summed E-state index contributed by atoms with van der Waals surface area (Å²) in [5.74, 6) is 1.46. The van der Waals surface area contributed by atoms with E-state index in [2.05, 4.69) is 23.7 Å². The van der Waals surface area contributed by atoms with E-state index < -0.39 is 10.0 Å². The van der Waals surface area contributed by atoms with Crippen LogP contribution < -0.4 is 10.0 Å². The van der Waals surface area contributed by atoms with E-state index in [0.29, 0.717) is 5.92 Å². The van der Waals surface area contributed by atoms with E-state index in [-0.39, 0.29) is 4.21 Å². The van der Waals surface area contributed by atoms with E-state index in [0.717, 1.165) is 37.0 Å². The molecule has 0 bridgehead atoms. The molecule has 1 aliphatic rings. The maximum absolute atomic E-state index is 11.3. The molecule has 1 atom stereocenters. The number of nitrogens with zero attached hydrogens (tertiary/aromatic N) is 2. The fourth-order valence-electron chi connectivity index (χ4n) is 2.51. The van der Waals surface area contributed by atoms with Crippen LogP contribution in [0.5, 0.6) is 0 Å². The minimum Gasteiger partial charge on any atom is -0.348 e. The molecule has 1 aromatic rings. The summed E-state index contributed by atoms with van der Waals surface area (Å²) < 4.78 is 22.7. The van der Waals surface area contributed by atoms with Crippen molar-refractivity contribution in [2.24, 2.45) is 17.0 Å². The molecule has 1 aliphatic heterocycles. The predicted octanol–water partition coefficient (Wildman–Crippen LogP) is 2.05. The molecule has 2 heterocycles. The Morgan fingerprint density at radius 1 is 1.42 bits per heavy atom. The molecule has 1 saturated heterocycles. The Morgan fingerprint density at radius 2 is 2.16 bits per heavy atom. The van der Waals surface area contributed by atoms with Gasteiger partial charge in [0.15, 0.2) is 9.34 Å². The molecular weight excluding hydrogens is 282 g/mol. The molecular formula is C12H21N3O2S2. The zero-order valence-electron chi connectivity index (χ0n) is 11.4. The summed E-state index contributed by atoms with van der Waals surface area (Å²) >= 11 is 1.17. The quantitative estimate of drug-likeness (QED) is 0.927. The van der Waals surface area contributed by atoms with Crippen LogP contribution in [0.1, 0.15) is 33.1 Å². The van der Waals surface area contributed by atoms with Crippen LogP contribution in [0, 0.1) is 11.8 Å². The number of thiazole rings is 1. The minimum absolute atomic E-state index is 0.146. The van der Waals surface area contributed by atoms with E-state index in [4.69, 9.17) is 5.14 Å². The number of hydrogen-bond donors (Lipinski definition) is 1. The second-order valence-electron chi connectivity index (χ2n) is 5.43. The van der Waals surface area contributed by atoms with Gasteiger partial charge in [0.1, 0.15) is 0 Å². The molecule has 2 rings (SSSR count). The molecule has 1 fully saturated rings. The zero-order valence-corrected chi connectivity index (χ0v) is 13.0. The normalized spacial score (nSPS) is 21.7. The Balaban J connectivity index is 2.08. The topological polar surface area (TPSA) is 76.3 Å². The number of aromatic nitrogens is 1. The fraction of sp³-hybridized carbons (Fsp3) is 0.750. The first-order valence-corrected chi connectivity index (χ1v) is 8.98. The molecule has 108 valence electrons. The molecule has 7 heteroatoms. The molecule has 1 aromatic heterocycles. The van der Waals surface area contributed by atoms with Crippen molar-refractivity contribution in [2.75, 3.05) is 18.0 Å². The standard InChI is InChI=1S/C12H21N3O2S2/c1-9(2)10-4-3-6-15(7-5-10)12-14-8-11(18-12)19(13,16)17/h8-10H,3-7H2,1-2H3,(H2,13,16,17). The maximum Gasteiger partial charge on any atom is 0.249 e. The second-order valence-corrected chi connectivity index (χ2v) is 8.23. The van der Waals surface area contributed by atoms with Crippen molar-refractivity contribution in [3.05, 3.63) is 6.20 Å². The Morgan fingerprint density at radius 3 is 2.74 bits per heavy atom. The van der Waals surface area contributed by atoms with Gasteiger partial charge in [-0.1, -0.05) is 25.2 Å². The molecule has 2 N–H and O–H groups in total. The zero-order chi connectivity index (χ0) is 14.0. The van der Waals surface area contributed by atoms with Gasteiger partial charge in [0.2, 0.25) is 10.0 Å². The molecule has 5 nitrogen and oxygen atoms in total. The van der Waals surface area contributed by atoms with Crippen molar-refractivity contribution in [1.82, 2.24) is 4.98 Å². The predicted molar refractivity (Wildman–Crippen MR) is 77.9 cm³/mol. The SMILES string of the molecule is CC(C)C1CCCN(c2ncc(S(N)(=O)=O)s2)CC1. The summed E-state index contributed by atoms with van der Waals surface area (Å²) in [6, 6.07) is 0. The van der Waals surface area contributed by atoms with Crippen LogP contribution in [-0.4, -0.2) is 26.5 Å². The first-order valence-electron chi connectivity index (χ1n) is 6.61. The summed E-state index contributed by atoms with van der Waals surface area (Å²) in [4.78, 5) is 6.39. The molecule has 0 spiro atoms. The van der Waals surface area contributed by atoms with E-state index in [1.807, 2.05) is 0 Å². The maximum atomic E-state index is 11.3. The number of sulfonamides is 1. The van der Waals surface area contributed by atoms with Gasteiger partial charge in [-0.15, -0.1) is 0 Å². The van der Waals surface area contributed by atoms with Crippen molar-refractivity contribution in [1.29, 1.82) is 0 Å². The van der Waals surface area contributed by atoms with Crippen LogP contribution in [-0.2, 0) is 10.0 Å². The number of rotatable bonds is 3. The lowest BCUT2D eigenvalue weighted by molar-refractivity contribution is 0.351. The van der Waals surface area contributed by atoms with Gasteiger partial charge in [0.25, 0.3) is 0 Å². The van der Waals surface area contributed by atoms with Crippen molar-refractivity contribution in [3.63, 3.8) is 0 Å². The Bertz CT molecular complexity index is 525. The summed E-state index contributed by atoms with van der Waals surface area (Å²) in [6.45, 7) is 6.42. The van der Waals surface area contributed by atoms with Crippen molar-refractivity contribution in [2.45, 2.75) is 37.3 Å². The highest BCUT2D eigenvalue weighted by molar-refractivity contribution is 7.91. The molecule has 19 heavy (non-hydrogen) atoms. The lowest BCUT2D eigenvalue weighted by Gasteiger charge is -2.20. The van der Waals surface area contributed by atoms with Gasteiger partial charge in [-0.3, -0.25) is 0 Å². The summed E-state index contributed by atoms with van der Waals surface area (Å²) in [5.41, 5.74) is 0. The lowest BCUT2D eigenvalue weighted by Crippen LogP contribution is -2.24. The summed E-state index contributed by atoms with van der Waals surface area (Å²) in [6.07, 6.45) is 4.87. The first kappa shape index (κ1) is 14.7. The lowest BCUT2D eigenvalue weighted by atomic mass is 9.89. The van der Waals surface area contributed by atoms with E-state index in [1.165, 1.54) is 24.0 Å². The molecule has 0 aromatic carbocycles. The van der Waals surface area contributed by atoms with E-state index in [9.17, 15) is 8.42 Å². The van der Waals surface area contributed by atoms with Gasteiger partial charge < -0.3 is 4.90 Å². The Hall–Kier alpha value is -0.660. The third-order valence-corrected chi connectivity index (χ3v) is 6.20. The minimum atomic E-state index is -3.62. The summed E-state index contributed by atoms with van der Waals surface area (Å²) in [7, 11) is -3.62. The fourth-order valence-corrected chi connectivity index (χ4v) is 4.10. The van der Waals surface area contributed by atoms with Gasteiger partial charge >= 0.3 is 0 Å². The molecule has 0 radical (unpaired) electrons. The van der Waals surface area contributed by atoms with Crippen LogP contribution >= 0.6 is 11.3 Å². The van der Waals surface area contributed by atoms with Crippen LogP contribution in [0.15, 0.2) is 10.4 Å². The van der Waals surface area contributed by atoms with Gasteiger partial charge in [0, 0.05) is 13.1 Å². The van der Waals surface area contributed by atoms with Crippen LogP contribution in [0.25, 0.3) is 0 Å². The smallest absolute Gasteiger partial charge is 0.249 e. The monoisotopic (exact) mass is 303 g/mol. The highest BCUT2D eigenvalue weighted by atomic mass is 32.2. The van der Waals surface area contributed by atoms with Gasteiger partial charge in [-0.05, 0) is 31.1 Å². The third-order valence-electron chi connectivity index (χ3n) is 3.74. The molecule has 0 saturated carbocycles. The number of primary sulfonamides is 1. The number of nitrogens with two attached hydrogens (primary N) is 1. The van der Waals surface area contributed by atoms with Crippen molar-refractivity contribution in [3.8, 4) is 0 Å².